The summed E-state index contributed by atoms with van der Waals surface area (Å²) in [6, 6.07) is 6.34. The van der Waals surface area contributed by atoms with Crippen LogP contribution in [0, 0.1) is 0 Å². The van der Waals surface area contributed by atoms with E-state index in [1.54, 1.807) is 30.0 Å². The molecule has 1 aromatic carbocycles. The lowest BCUT2D eigenvalue weighted by Gasteiger charge is -2.29. The fourth-order valence-corrected chi connectivity index (χ4v) is 1.85. The van der Waals surface area contributed by atoms with Gasteiger partial charge in [0.2, 0.25) is 5.91 Å². The van der Waals surface area contributed by atoms with Crippen LogP contribution in [0.1, 0.15) is 32.4 Å². The van der Waals surface area contributed by atoms with Gasteiger partial charge in [0.25, 0.3) is 0 Å². The van der Waals surface area contributed by atoms with Gasteiger partial charge in [-0.15, -0.1) is 0 Å². The Morgan fingerprint density at radius 3 is 2.59 bits per heavy atom. The number of hydrogen-bond acceptors (Lipinski definition) is 3. The van der Waals surface area contributed by atoms with Gasteiger partial charge in [0, 0.05) is 6.54 Å². The molecule has 0 saturated carbocycles. The summed E-state index contributed by atoms with van der Waals surface area (Å²) in [5.41, 5.74) is 6.52. The lowest BCUT2D eigenvalue weighted by Crippen LogP contribution is -2.43. The molecule has 1 aromatic rings. The zero-order valence-electron chi connectivity index (χ0n) is 10.6. The van der Waals surface area contributed by atoms with Crippen molar-refractivity contribution in [3.05, 3.63) is 29.8 Å². The second-order valence-electron chi connectivity index (χ2n) is 4.18. The first kappa shape index (κ1) is 13.5. The summed E-state index contributed by atoms with van der Waals surface area (Å²) in [4.78, 5) is 13.6. The van der Waals surface area contributed by atoms with Crippen molar-refractivity contribution in [1.29, 1.82) is 0 Å². The molecule has 2 unspecified atom stereocenters. The summed E-state index contributed by atoms with van der Waals surface area (Å²) in [6.45, 7) is 6.12. The minimum Gasteiger partial charge on any atom is -0.508 e. The van der Waals surface area contributed by atoms with E-state index in [9.17, 15) is 9.90 Å². The standard InChI is InChI=1S/C13H20N2O2/c1-4-15(13(17)9(2)14)10(3)11-6-5-7-12(16)8-11/h5-10,16H,4,14H2,1-3H3. The molecule has 0 aliphatic heterocycles. The zero-order valence-corrected chi connectivity index (χ0v) is 10.6. The first-order valence-electron chi connectivity index (χ1n) is 5.82. The maximum absolute atomic E-state index is 11.9. The van der Waals surface area contributed by atoms with Crippen molar-refractivity contribution in [2.75, 3.05) is 6.54 Å². The molecule has 0 bridgehead atoms. The Morgan fingerprint density at radius 1 is 1.47 bits per heavy atom. The highest BCUT2D eigenvalue weighted by Crippen LogP contribution is 2.23. The largest absolute Gasteiger partial charge is 0.508 e. The summed E-state index contributed by atoms with van der Waals surface area (Å²) in [6.07, 6.45) is 0. The minimum atomic E-state index is -0.505. The van der Waals surface area contributed by atoms with Crippen LogP contribution < -0.4 is 5.73 Å². The maximum atomic E-state index is 11.9. The average molecular weight is 236 g/mol. The number of phenols is 1. The molecule has 4 nitrogen and oxygen atoms in total. The third kappa shape index (κ3) is 3.20. The summed E-state index contributed by atoms with van der Waals surface area (Å²) >= 11 is 0. The molecule has 94 valence electrons. The summed E-state index contributed by atoms with van der Waals surface area (Å²) in [5, 5.41) is 9.44. The van der Waals surface area contributed by atoms with Crippen molar-refractivity contribution >= 4 is 5.91 Å². The third-order valence-corrected chi connectivity index (χ3v) is 2.83. The Balaban J connectivity index is 2.93. The van der Waals surface area contributed by atoms with Crippen LogP contribution in [-0.4, -0.2) is 28.5 Å². The van der Waals surface area contributed by atoms with Crippen LogP contribution in [0.25, 0.3) is 0 Å². The van der Waals surface area contributed by atoms with Gasteiger partial charge in [-0.05, 0) is 38.5 Å². The van der Waals surface area contributed by atoms with Crippen LogP contribution in [0.15, 0.2) is 24.3 Å². The fourth-order valence-electron chi connectivity index (χ4n) is 1.85. The van der Waals surface area contributed by atoms with Gasteiger partial charge in [-0.3, -0.25) is 4.79 Å². The Bertz CT molecular complexity index is 391. The topological polar surface area (TPSA) is 66.6 Å². The van der Waals surface area contributed by atoms with Crippen molar-refractivity contribution in [1.82, 2.24) is 4.90 Å². The molecule has 0 aliphatic rings. The van der Waals surface area contributed by atoms with Gasteiger partial charge in [0.15, 0.2) is 0 Å². The first-order valence-corrected chi connectivity index (χ1v) is 5.82. The number of carbonyl (C=O) groups excluding carboxylic acids is 1. The average Bonchev–Trinajstić information content (AvgIpc) is 2.29. The van der Waals surface area contributed by atoms with Crippen LogP contribution in [-0.2, 0) is 4.79 Å². The van der Waals surface area contributed by atoms with Crippen LogP contribution >= 0.6 is 0 Å². The Kier molecular flexibility index (Phi) is 4.52. The predicted octanol–water partition coefficient (Wildman–Crippen LogP) is 1.65. The number of carbonyl (C=O) groups is 1. The van der Waals surface area contributed by atoms with E-state index in [1.165, 1.54) is 0 Å². The zero-order chi connectivity index (χ0) is 13.0. The van der Waals surface area contributed by atoms with Crippen molar-refractivity contribution in [3.8, 4) is 5.75 Å². The number of nitrogens with two attached hydrogens (primary N) is 1. The number of hydrogen-bond donors (Lipinski definition) is 2. The molecule has 0 heterocycles. The maximum Gasteiger partial charge on any atom is 0.239 e. The van der Waals surface area contributed by atoms with E-state index in [-0.39, 0.29) is 17.7 Å². The van der Waals surface area contributed by atoms with Crippen LogP contribution in [0.5, 0.6) is 5.75 Å². The predicted molar refractivity (Wildman–Crippen MR) is 67.6 cm³/mol. The molecule has 4 heteroatoms. The molecule has 3 N–H and O–H groups in total. The molecule has 17 heavy (non-hydrogen) atoms. The van der Waals surface area contributed by atoms with E-state index < -0.39 is 6.04 Å². The SMILES string of the molecule is CCN(C(=O)C(C)N)C(C)c1cccc(O)c1. The number of amides is 1. The van der Waals surface area contributed by atoms with Gasteiger partial charge < -0.3 is 15.7 Å². The monoisotopic (exact) mass is 236 g/mol. The first-order chi connectivity index (χ1) is 7.97. The van der Waals surface area contributed by atoms with E-state index >= 15 is 0 Å². The van der Waals surface area contributed by atoms with Gasteiger partial charge in [-0.25, -0.2) is 0 Å². The summed E-state index contributed by atoms with van der Waals surface area (Å²) < 4.78 is 0. The highest BCUT2D eigenvalue weighted by atomic mass is 16.3. The van der Waals surface area contributed by atoms with Crippen molar-refractivity contribution < 1.29 is 9.90 Å². The molecule has 0 aromatic heterocycles. The second-order valence-corrected chi connectivity index (χ2v) is 4.18. The Morgan fingerprint density at radius 2 is 2.12 bits per heavy atom. The van der Waals surface area contributed by atoms with Crippen LogP contribution in [0.3, 0.4) is 0 Å². The summed E-state index contributed by atoms with van der Waals surface area (Å²) in [7, 11) is 0. The lowest BCUT2D eigenvalue weighted by atomic mass is 10.1. The van der Waals surface area contributed by atoms with Crippen LogP contribution in [0.4, 0.5) is 0 Å². The number of likely N-dealkylation sites (N-methyl/N-ethyl adjacent to an activating group) is 1. The van der Waals surface area contributed by atoms with E-state index in [1.807, 2.05) is 19.9 Å². The highest BCUT2D eigenvalue weighted by Gasteiger charge is 2.22. The molecular weight excluding hydrogens is 216 g/mol. The summed E-state index contributed by atoms with van der Waals surface area (Å²) in [5.74, 6) is 0.127. The van der Waals surface area contributed by atoms with E-state index in [2.05, 4.69) is 0 Å². The number of rotatable bonds is 4. The van der Waals surface area contributed by atoms with E-state index in [4.69, 9.17) is 5.73 Å². The van der Waals surface area contributed by atoms with Crippen molar-refractivity contribution in [2.45, 2.75) is 32.9 Å². The second kappa shape index (κ2) is 5.68. The molecule has 1 rings (SSSR count). The van der Waals surface area contributed by atoms with E-state index in [0.29, 0.717) is 6.54 Å². The van der Waals surface area contributed by atoms with E-state index in [0.717, 1.165) is 5.56 Å². The highest BCUT2D eigenvalue weighted by molar-refractivity contribution is 5.81. The van der Waals surface area contributed by atoms with Gasteiger partial charge >= 0.3 is 0 Å². The molecule has 0 fully saturated rings. The molecule has 1 amide bonds. The Hall–Kier alpha value is -1.55. The molecule has 0 spiro atoms. The minimum absolute atomic E-state index is 0.0802. The van der Waals surface area contributed by atoms with Gasteiger partial charge in [-0.1, -0.05) is 12.1 Å². The Labute approximate surface area is 102 Å². The molecule has 0 aliphatic carbocycles. The lowest BCUT2D eigenvalue weighted by molar-refractivity contribution is -0.134. The number of aromatic hydroxyl groups is 1. The third-order valence-electron chi connectivity index (χ3n) is 2.83. The van der Waals surface area contributed by atoms with Crippen molar-refractivity contribution in [3.63, 3.8) is 0 Å². The smallest absolute Gasteiger partial charge is 0.239 e. The number of phenolic OH excluding ortho intramolecular Hbond substituents is 1. The molecule has 2 atom stereocenters. The van der Waals surface area contributed by atoms with Crippen LogP contribution in [0.2, 0.25) is 0 Å². The molecule has 0 saturated heterocycles. The quantitative estimate of drug-likeness (QED) is 0.835. The number of benzene rings is 1. The molecule has 0 radical (unpaired) electrons. The fraction of sp³-hybridized carbons (Fsp3) is 0.462. The van der Waals surface area contributed by atoms with Gasteiger partial charge in [0.1, 0.15) is 5.75 Å². The van der Waals surface area contributed by atoms with Gasteiger partial charge in [0.05, 0.1) is 12.1 Å². The van der Waals surface area contributed by atoms with Gasteiger partial charge in [-0.2, -0.15) is 0 Å². The van der Waals surface area contributed by atoms with Crippen molar-refractivity contribution in [2.24, 2.45) is 5.73 Å². The normalized spacial score (nSPS) is 14.1. The number of nitrogens with zero attached hydrogens (tertiary/aromatic N) is 1. The molecular formula is C13H20N2O2.